The van der Waals surface area contributed by atoms with Crippen LogP contribution in [0.2, 0.25) is 0 Å². The number of likely N-dealkylation sites (N-methyl/N-ethyl adjacent to an activating group) is 1. The van der Waals surface area contributed by atoms with Crippen molar-refractivity contribution in [2.24, 2.45) is 0 Å². The molecule has 5 nitrogen and oxygen atoms in total. The van der Waals surface area contributed by atoms with Crippen molar-refractivity contribution >= 4 is 27.7 Å². The summed E-state index contributed by atoms with van der Waals surface area (Å²) in [4.78, 5) is 24.9. The Kier molecular flexibility index (Phi) is 3.31. The van der Waals surface area contributed by atoms with Crippen LogP contribution in [0.5, 0.6) is 0 Å². The van der Waals surface area contributed by atoms with Gasteiger partial charge in [0.2, 0.25) is 0 Å². The molecule has 0 radical (unpaired) electrons. The SMILES string of the molecule is Cc1ccc2ccc3cc(C(=O)N4CCN(C)CC4)nc3c2[nH]1. The summed E-state index contributed by atoms with van der Waals surface area (Å²) in [7, 11) is 2.08. The highest BCUT2D eigenvalue weighted by molar-refractivity contribution is 6.07. The topological polar surface area (TPSA) is 52.2 Å². The molecule has 0 atom stereocenters. The van der Waals surface area contributed by atoms with E-state index in [0.29, 0.717) is 5.69 Å². The van der Waals surface area contributed by atoms with Crippen LogP contribution in [-0.2, 0) is 0 Å². The fourth-order valence-corrected chi connectivity index (χ4v) is 3.16. The summed E-state index contributed by atoms with van der Waals surface area (Å²) in [5.74, 6) is 0.0371. The lowest BCUT2D eigenvalue weighted by molar-refractivity contribution is 0.0659. The zero-order chi connectivity index (χ0) is 16.0. The average Bonchev–Trinajstić information content (AvgIpc) is 2.99. The number of hydrogen-bond donors (Lipinski definition) is 1. The number of fused-ring (bicyclic) bond motifs is 3. The lowest BCUT2D eigenvalue weighted by Gasteiger charge is -2.31. The molecule has 0 bridgehead atoms. The Hall–Kier alpha value is -2.40. The van der Waals surface area contributed by atoms with Crippen LogP contribution in [0.25, 0.3) is 21.8 Å². The molecule has 1 fully saturated rings. The predicted octanol–water partition coefficient (Wildman–Crippen LogP) is 2.41. The maximum atomic E-state index is 12.7. The smallest absolute Gasteiger partial charge is 0.272 e. The Morgan fingerprint density at radius 3 is 2.57 bits per heavy atom. The molecule has 3 aromatic rings. The summed E-state index contributed by atoms with van der Waals surface area (Å²) in [6, 6.07) is 10.1. The van der Waals surface area contributed by atoms with Gasteiger partial charge in [-0.05, 0) is 26.1 Å². The Bertz CT molecular complexity index is 891. The number of aromatic nitrogens is 2. The van der Waals surface area contributed by atoms with Crippen molar-refractivity contribution < 1.29 is 4.79 Å². The minimum Gasteiger partial charge on any atom is -0.357 e. The van der Waals surface area contributed by atoms with E-state index >= 15 is 0 Å². The van der Waals surface area contributed by atoms with Gasteiger partial charge in [-0.15, -0.1) is 0 Å². The molecule has 1 aliphatic rings. The van der Waals surface area contributed by atoms with Gasteiger partial charge in [0.15, 0.2) is 0 Å². The molecule has 1 amide bonds. The van der Waals surface area contributed by atoms with E-state index in [4.69, 9.17) is 0 Å². The highest BCUT2D eigenvalue weighted by Crippen LogP contribution is 2.25. The first-order valence-corrected chi connectivity index (χ1v) is 7.99. The molecule has 23 heavy (non-hydrogen) atoms. The van der Waals surface area contributed by atoms with Gasteiger partial charge in [0, 0.05) is 42.6 Å². The third kappa shape index (κ3) is 2.47. The molecule has 1 saturated heterocycles. The van der Waals surface area contributed by atoms with Crippen molar-refractivity contribution in [3.8, 4) is 0 Å². The molecule has 1 N–H and O–H groups in total. The maximum Gasteiger partial charge on any atom is 0.272 e. The van der Waals surface area contributed by atoms with E-state index in [9.17, 15) is 4.79 Å². The number of H-pyrrole nitrogens is 1. The number of nitrogens with zero attached hydrogens (tertiary/aromatic N) is 3. The number of aromatic amines is 1. The number of carbonyl (C=O) groups excluding carboxylic acids is 1. The maximum absolute atomic E-state index is 12.7. The van der Waals surface area contributed by atoms with Crippen molar-refractivity contribution in [3.63, 3.8) is 0 Å². The summed E-state index contributed by atoms with van der Waals surface area (Å²) in [5, 5.41) is 2.12. The van der Waals surface area contributed by atoms with Gasteiger partial charge in [-0.2, -0.15) is 0 Å². The highest BCUT2D eigenvalue weighted by atomic mass is 16.2. The van der Waals surface area contributed by atoms with Crippen LogP contribution in [-0.4, -0.2) is 58.9 Å². The van der Waals surface area contributed by atoms with Crippen LogP contribution in [0.3, 0.4) is 0 Å². The Morgan fingerprint density at radius 2 is 1.78 bits per heavy atom. The standard InChI is InChI=1S/C18H20N4O/c1-12-3-4-13-5-6-14-11-15(20-17(14)16(13)19-12)18(23)22-9-7-21(2)8-10-22/h3-6,11,19H,7-10H2,1-2H3. The second kappa shape index (κ2) is 5.35. The van der Waals surface area contributed by atoms with E-state index in [2.05, 4.69) is 34.0 Å². The molecule has 1 aliphatic heterocycles. The molecular formula is C18H20N4O. The van der Waals surface area contributed by atoms with Crippen molar-refractivity contribution in [2.45, 2.75) is 6.92 Å². The van der Waals surface area contributed by atoms with E-state index in [1.165, 1.54) is 0 Å². The monoisotopic (exact) mass is 308 g/mol. The molecule has 0 aliphatic carbocycles. The summed E-state index contributed by atoms with van der Waals surface area (Å²) in [6.07, 6.45) is 0. The molecule has 118 valence electrons. The number of amides is 1. The predicted molar refractivity (Wildman–Crippen MR) is 91.7 cm³/mol. The number of benzene rings is 1. The zero-order valence-corrected chi connectivity index (χ0v) is 13.5. The summed E-state index contributed by atoms with van der Waals surface area (Å²) in [6.45, 7) is 5.40. The van der Waals surface area contributed by atoms with E-state index in [0.717, 1.165) is 53.7 Å². The number of piperazine rings is 1. The van der Waals surface area contributed by atoms with Gasteiger partial charge in [-0.25, -0.2) is 4.98 Å². The third-order valence-electron chi connectivity index (χ3n) is 4.61. The summed E-state index contributed by atoms with van der Waals surface area (Å²) < 4.78 is 0. The van der Waals surface area contributed by atoms with Gasteiger partial charge >= 0.3 is 0 Å². The second-order valence-electron chi connectivity index (χ2n) is 6.35. The number of nitrogens with one attached hydrogen (secondary N) is 1. The van der Waals surface area contributed by atoms with E-state index in [1.54, 1.807) is 0 Å². The fourth-order valence-electron chi connectivity index (χ4n) is 3.16. The van der Waals surface area contributed by atoms with Gasteiger partial charge < -0.3 is 14.8 Å². The first-order chi connectivity index (χ1) is 11.1. The molecule has 1 aromatic carbocycles. The van der Waals surface area contributed by atoms with Crippen molar-refractivity contribution in [1.29, 1.82) is 0 Å². The molecule has 2 aromatic heterocycles. The van der Waals surface area contributed by atoms with Crippen LogP contribution in [0, 0.1) is 6.92 Å². The van der Waals surface area contributed by atoms with Gasteiger partial charge in [-0.3, -0.25) is 4.79 Å². The number of hydrogen-bond acceptors (Lipinski definition) is 3. The average molecular weight is 308 g/mol. The van der Waals surface area contributed by atoms with Gasteiger partial charge in [0.25, 0.3) is 5.91 Å². The van der Waals surface area contributed by atoms with Crippen molar-refractivity contribution in [2.75, 3.05) is 33.2 Å². The molecule has 0 saturated carbocycles. The van der Waals surface area contributed by atoms with Crippen LogP contribution in [0.4, 0.5) is 0 Å². The van der Waals surface area contributed by atoms with Crippen LogP contribution >= 0.6 is 0 Å². The Balaban J connectivity index is 1.75. The van der Waals surface area contributed by atoms with Gasteiger partial charge in [0.1, 0.15) is 5.69 Å². The normalized spacial score (nSPS) is 16.3. The van der Waals surface area contributed by atoms with Gasteiger partial charge in [-0.1, -0.05) is 18.2 Å². The van der Waals surface area contributed by atoms with Crippen LogP contribution in [0.15, 0.2) is 30.3 Å². The second-order valence-corrected chi connectivity index (χ2v) is 6.35. The molecular weight excluding hydrogens is 288 g/mol. The van der Waals surface area contributed by atoms with E-state index in [1.807, 2.05) is 30.0 Å². The summed E-state index contributed by atoms with van der Waals surface area (Å²) >= 11 is 0. The van der Waals surface area contributed by atoms with E-state index in [-0.39, 0.29) is 5.91 Å². The zero-order valence-electron chi connectivity index (χ0n) is 13.5. The molecule has 5 heteroatoms. The van der Waals surface area contributed by atoms with Crippen molar-refractivity contribution in [1.82, 2.24) is 19.8 Å². The number of rotatable bonds is 1. The molecule has 4 rings (SSSR count). The minimum atomic E-state index is 0.0371. The molecule has 3 heterocycles. The van der Waals surface area contributed by atoms with Gasteiger partial charge in [0.05, 0.1) is 11.0 Å². The van der Waals surface area contributed by atoms with Crippen molar-refractivity contribution in [3.05, 3.63) is 41.7 Å². The quantitative estimate of drug-likeness (QED) is 0.751. The summed E-state index contributed by atoms with van der Waals surface area (Å²) in [5.41, 5.74) is 3.51. The lowest BCUT2D eigenvalue weighted by atomic mass is 10.1. The van der Waals surface area contributed by atoms with E-state index < -0.39 is 0 Å². The highest BCUT2D eigenvalue weighted by Gasteiger charge is 2.22. The van der Waals surface area contributed by atoms with Crippen LogP contribution in [0.1, 0.15) is 16.2 Å². The first-order valence-electron chi connectivity index (χ1n) is 7.99. The molecule has 0 unspecified atom stereocenters. The Morgan fingerprint density at radius 1 is 1.09 bits per heavy atom. The Labute approximate surface area is 134 Å². The lowest BCUT2D eigenvalue weighted by Crippen LogP contribution is -2.47. The van der Waals surface area contributed by atoms with Crippen LogP contribution < -0.4 is 0 Å². The first kappa shape index (κ1) is 14.2. The number of aryl methyl sites for hydroxylation is 1. The fraction of sp³-hybridized carbons (Fsp3) is 0.333. The minimum absolute atomic E-state index is 0.0371. The largest absolute Gasteiger partial charge is 0.357 e. The third-order valence-corrected chi connectivity index (χ3v) is 4.61. The number of carbonyl (C=O) groups is 1. The molecule has 0 spiro atoms. The number of pyridine rings is 1.